The van der Waals surface area contributed by atoms with Gasteiger partial charge in [-0.25, -0.2) is 0 Å². The van der Waals surface area contributed by atoms with Crippen LogP contribution < -0.4 is 12.4 Å². The summed E-state index contributed by atoms with van der Waals surface area (Å²) in [6.45, 7) is 9.54. The van der Waals surface area contributed by atoms with E-state index in [2.05, 4.69) is 27.7 Å². The van der Waals surface area contributed by atoms with Gasteiger partial charge in [-0.05, 0) is 231 Å². The van der Waals surface area contributed by atoms with E-state index in [-0.39, 0.29) is 43.6 Å². The summed E-state index contributed by atoms with van der Waals surface area (Å²) in [7, 11) is 21.3. The average molecular weight is 1540 g/mol. The fourth-order valence-corrected chi connectivity index (χ4v) is 37.5. The molecule has 0 unspecified atom stereocenters. The summed E-state index contributed by atoms with van der Waals surface area (Å²) in [5.74, 6) is 0. The molecular formula is C75H135Cl5P4Ru2+2. The van der Waals surface area contributed by atoms with E-state index in [0.29, 0.717) is 0 Å². The van der Waals surface area contributed by atoms with Gasteiger partial charge in [0.1, 0.15) is 0 Å². The average Bonchev–Trinajstić information content (AvgIpc) is 2.91. The first kappa shape index (κ1) is 81.0. The summed E-state index contributed by atoms with van der Waals surface area (Å²) in [6.07, 6.45) is 72.9. The third kappa shape index (κ3) is 35.0. The first-order valence-corrected chi connectivity index (χ1v) is 54.5. The molecule has 11 heteroatoms. The normalized spacial score (nSPS) is 21.5. The third-order valence-electron chi connectivity index (χ3n) is 21.0. The Morgan fingerprint density at radius 1 is 0.326 bits per heavy atom. The minimum atomic E-state index is -1.61. The molecule has 0 aliphatic heterocycles. The number of halogens is 5. The van der Waals surface area contributed by atoms with Crippen LogP contribution in [0, 0.1) is 7.43 Å². The quantitative estimate of drug-likeness (QED) is 0.0793. The van der Waals surface area contributed by atoms with Crippen molar-refractivity contribution in [2.45, 2.75) is 355 Å². The first-order valence-electron chi connectivity index (χ1n) is 36.8. The molecule has 0 radical (unpaired) electrons. The van der Waals surface area contributed by atoms with E-state index >= 15 is 0 Å². The van der Waals surface area contributed by atoms with E-state index in [1.807, 2.05) is 69.9 Å². The third-order valence-corrected chi connectivity index (χ3v) is 41.6. The van der Waals surface area contributed by atoms with Gasteiger partial charge >= 0.3 is 147 Å². The van der Waals surface area contributed by atoms with Crippen LogP contribution >= 0.6 is 70.4 Å². The van der Waals surface area contributed by atoms with E-state index in [1.54, 1.807) is 173 Å². The Kier molecular flexibility index (Phi) is 50.6. The summed E-state index contributed by atoms with van der Waals surface area (Å²) >= 11 is -3.23. The Hall–Kier alpha value is 2.60. The molecular weight excluding hydrogens is 1400 g/mol. The fraction of sp³-hybridized carbons (Fsp3) is 0.800. The maximum atomic E-state index is 9.22. The number of hydrogen-bond acceptors (Lipinski definition) is 0. The molecule has 10 rings (SSSR count). The van der Waals surface area contributed by atoms with Crippen LogP contribution in [0.1, 0.15) is 321 Å². The number of hydrogen-bond donors (Lipinski definition) is 0. The van der Waals surface area contributed by atoms with Gasteiger partial charge in [0.05, 0.1) is 69.9 Å². The van der Waals surface area contributed by atoms with E-state index < -0.39 is 34.9 Å². The Balaban J connectivity index is 0.000000275. The second kappa shape index (κ2) is 53.7. The van der Waals surface area contributed by atoms with Crippen LogP contribution in [-0.2, 0) is 27.0 Å². The topological polar surface area (TPSA) is 0 Å². The summed E-state index contributed by atoms with van der Waals surface area (Å²) < 4.78 is 13.1. The van der Waals surface area contributed by atoms with Crippen LogP contribution in [0.25, 0.3) is 0 Å². The molecule has 8 saturated carbocycles. The van der Waals surface area contributed by atoms with Crippen LogP contribution in [0.2, 0.25) is 0 Å². The minimum absolute atomic E-state index is 0. The zero-order valence-electron chi connectivity index (χ0n) is 57.0. The van der Waals surface area contributed by atoms with Crippen molar-refractivity contribution in [2.24, 2.45) is 0 Å². The second-order valence-electron chi connectivity index (χ2n) is 27.2. The monoisotopic (exact) mass is 1540 g/mol. The van der Waals surface area contributed by atoms with Crippen molar-refractivity contribution < 1.29 is 39.4 Å². The molecule has 0 N–H and O–H groups in total. The Morgan fingerprint density at radius 2 is 0.512 bits per heavy atom. The van der Waals surface area contributed by atoms with Crippen molar-refractivity contribution in [2.75, 3.05) is 24.6 Å². The van der Waals surface area contributed by atoms with Crippen molar-refractivity contribution in [3.63, 3.8) is 0 Å². The molecule has 2 aromatic carbocycles. The summed E-state index contributed by atoms with van der Waals surface area (Å²) in [5.41, 5.74) is 11.2. The molecule has 2 aromatic rings. The molecule has 8 fully saturated rings. The van der Waals surface area contributed by atoms with Crippen molar-refractivity contribution in [1.29, 1.82) is 1.28 Å². The van der Waals surface area contributed by atoms with Crippen LogP contribution in [0.5, 0.6) is 0 Å². The number of rotatable bonds is 18. The molecule has 0 amide bonds. The van der Waals surface area contributed by atoms with Gasteiger partial charge < -0.3 is 19.8 Å². The Morgan fingerprint density at radius 3 is 0.686 bits per heavy atom. The molecule has 0 spiro atoms. The van der Waals surface area contributed by atoms with E-state index in [0.717, 1.165) is 22.4 Å². The molecule has 0 saturated heterocycles. The zero-order chi connectivity index (χ0) is 60.6. The van der Waals surface area contributed by atoms with Crippen LogP contribution in [0.3, 0.4) is 0 Å². The van der Waals surface area contributed by atoms with E-state index in [4.69, 9.17) is 38.8 Å². The Bertz CT molecular complexity index is 1720. The molecule has 8 aliphatic carbocycles. The van der Waals surface area contributed by atoms with Gasteiger partial charge in [0.2, 0.25) is 0 Å². The predicted octanol–water partition coefficient (Wildman–Crippen LogP) is 24.1. The summed E-state index contributed by atoms with van der Waals surface area (Å²) in [5, 5.41) is 0. The van der Waals surface area contributed by atoms with Gasteiger partial charge in [-0.3, -0.25) is 0 Å². The van der Waals surface area contributed by atoms with Crippen molar-refractivity contribution >= 4 is 79.6 Å². The molecule has 504 valence electrons. The van der Waals surface area contributed by atoms with Gasteiger partial charge in [0, 0.05) is 31.6 Å². The Labute approximate surface area is 574 Å². The van der Waals surface area contributed by atoms with Gasteiger partial charge in [-0.2, -0.15) is 0 Å². The molecule has 0 nitrogen and oxygen atoms in total. The SMILES string of the molecule is CCC[PH+](C1CCCCC1)C1CCCCC1.CCC[PH+](C1CCCCC1)C1CCCCC1.CCC[PH+](C1CCCCC1)C1CCCCC1.[2H][P+](CCC)(C1CCCCC1)C1CCCCC1.[CH3-].[Cl-].[Cl][Ru]([Cl])=[CH]c1ccccc1.[Cl][Ru]([Cl])=[CH]c1ccccc1. The molecule has 0 aromatic heterocycles. The molecule has 0 atom stereocenters. The molecule has 8 aliphatic rings. The predicted molar refractivity (Wildman–Crippen MR) is 402 cm³/mol. The molecule has 0 heterocycles. The number of benzene rings is 2. The zero-order valence-corrected chi connectivity index (χ0v) is 67.2. The van der Waals surface area contributed by atoms with Crippen LogP contribution in [0.15, 0.2) is 60.7 Å². The van der Waals surface area contributed by atoms with Crippen LogP contribution in [0.4, 0.5) is 0 Å². The standard InChI is InChI=1S/4C15H29P.2C7H6.CH3.5ClH.2Ru/c4*1-2-13-16(14-9-5-3-6-10-14)15-11-7-4-8-12-15;2*1-7-5-3-2-4-6-7;;;;;;;;/h4*14-15H,2-13H2,1H3;2*1-6H;1H3;5*1H;;/q;;;;;;-1;;;;;;2*+2/p-1/i/hD. The van der Waals surface area contributed by atoms with Crippen LogP contribution in [-0.4, -0.2) is 80.4 Å². The van der Waals surface area contributed by atoms with Gasteiger partial charge in [0.15, 0.2) is 0 Å². The summed E-state index contributed by atoms with van der Waals surface area (Å²) in [6, 6.07) is 19.8. The maximum absolute atomic E-state index is 9.22. The second-order valence-corrected chi connectivity index (χ2v) is 51.5. The van der Waals surface area contributed by atoms with E-state index in [1.165, 1.54) is 169 Å². The van der Waals surface area contributed by atoms with Crippen molar-refractivity contribution in [3.8, 4) is 0 Å². The van der Waals surface area contributed by atoms with Crippen molar-refractivity contribution in [1.82, 2.24) is 0 Å². The van der Waals surface area contributed by atoms with E-state index in [9.17, 15) is 1.28 Å². The van der Waals surface area contributed by atoms with Crippen molar-refractivity contribution in [3.05, 3.63) is 79.2 Å². The van der Waals surface area contributed by atoms with Gasteiger partial charge in [0.25, 0.3) is 1.28 Å². The summed E-state index contributed by atoms with van der Waals surface area (Å²) in [4.78, 5) is 0. The van der Waals surface area contributed by atoms with Gasteiger partial charge in [-0.15, -0.1) is 0 Å². The molecule has 86 heavy (non-hydrogen) atoms. The first-order chi connectivity index (χ1) is 41.6. The van der Waals surface area contributed by atoms with Gasteiger partial charge in [-0.1, -0.05) is 79.1 Å². The fourth-order valence-electron chi connectivity index (χ4n) is 16.9. The molecule has 0 bridgehead atoms.